The minimum Gasteiger partial charge on any atom is -0.479 e. The largest absolute Gasteiger partial charge is 0.479 e. The van der Waals surface area contributed by atoms with Crippen LogP contribution in [0.3, 0.4) is 0 Å². The van der Waals surface area contributed by atoms with Gasteiger partial charge in [-0.25, -0.2) is 4.79 Å². The van der Waals surface area contributed by atoms with Crippen molar-refractivity contribution < 1.29 is 19.4 Å². The number of hydrogen-bond acceptors (Lipinski definition) is 3. The molecule has 1 aromatic rings. The molecule has 0 radical (unpaired) electrons. The van der Waals surface area contributed by atoms with Crippen molar-refractivity contribution in [3.63, 3.8) is 0 Å². The average molecular weight is 349 g/mol. The minimum atomic E-state index is -1.06. The van der Waals surface area contributed by atoms with Crippen LogP contribution in [0, 0.1) is 0 Å². The summed E-state index contributed by atoms with van der Waals surface area (Å²) in [5.41, 5.74) is 0.460. The lowest BCUT2D eigenvalue weighted by Gasteiger charge is -2.31. The van der Waals surface area contributed by atoms with Gasteiger partial charge in [0.15, 0.2) is 6.10 Å². The molecule has 1 atom stereocenters. The highest BCUT2D eigenvalue weighted by Gasteiger charge is 2.29. The van der Waals surface area contributed by atoms with Crippen LogP contribution >= 0.6 is 27.5 Å². The summed E-state index contributed by atoms with van der Waals surface area (Å²) in [4.78, 5) is 24.6. The lowest BCUT2D eigenvalue weighted by Crippen LogP contribution is -2.48. The molecule has 0 saturated carbocycles. The van der Waals surface area contributed by atoms with Gasteiger partial charge < -0.3 is 14.7 Å². The second-order valence-electron chi connectivity index (χ2n) is 4.08. The number of rotatable bonds is 2. The third-order valence-electron chi connectivity index (χ3n) is 2.80. The maximum Gasteiger partial charge on any atom is 0.334 e. The fourth-order valence-electron chi connectivity index (χ4n) is 1.79. The van der Waals surface area contributed by atoms with Gasteiger partial charge in [-0.2, -0.15) is 0 Å². The Morgan fingerprint density at radius 3 is 2.84 bits per heavy atom. The maximum atomic E-state index is 12.2. The predicted molar refractivity (Wildman–Crippen MR) is 72.4 cm³/mol. The molecule has 7 heteroatoms. The molecule has 1 N–H and O–H groups in total. The van der Waals surface area contributed by atoms with Crippen LogP contribution in [0.2, 0.25) is 5.02 Å². The summed E-state index contributed by atoms with van der Waals surface area (Å²) in [6, 6.07) is 4.85. The van der Waals surface area contributed by atoms with Crippen molar-refractivity contribution in [2.75, 3.05) is 19.7 Å². The maximum absolute atomic E-state index is 12.2. The van der Waals surface area contributed by atoms with E-state index in [0.717, 1.165) is 0 Å². The molecule has 0 spiro atoms. The number of carboxylic acids is 1. The Balaban J connectivity index is 2.14. The van der Waals surface area contributed by atoms with Crippen LogP contribution in [0.1, 0.15) is 10.4 Å². The predicted octanol–water partition coefficient (Wildman–Crippen LogP) is 2.03. The zero-order valence-corrected chi connectivity index (χ0v) is 12.1. The van der Waals surface area contributed by atoms with Crippen molar-refractivity contribution in [2.45, 2.75) is 6.10 Å². The van der Waals surface area contributed by atoms with Crippen molar-refractivity contribution >= 4 is 39.4 Å². The molecule has 0 aliphatic carbocycles. The van der Waals surface area contributed by atoms with Crippen molar-refractivity contribution in [2.24, 2.45) is 0 Å². The smallest absolute Gasteiger partial charge is 0.334 e. The molecule has 102 valence electrons. The number of halogens is 2. The van der Waals surface area contributed by atoms with Crippen molar-refractivity contribution in [3.05, 3.63) is 33.3 Å². The van der Waals surface area contributed by atoms with Gasteiger partial charge in [-0.15, -0.1) is 0 Å². The molecule has 1 heterocycles. The number of ether oxygens (including phenoxy) is 1. The summed E-state index contributed by atoms with van der Waals surface area (Å²) >= 11 is 9.12. The van der Waals surface area contributed by atoms with E-state index in [4.69, 9.17) is 21.4 Å². The Kier molecular flexibility index (Phi) is 4.44. The van der Waals surface area contributed by atoms with Gasteiger partial charge in [0.1, 0.15) is 0 Å². The number of carboxylic acid groups (broad SMARTS) is 1. The Hall–Kier alpha value is -1.11. The summed E-state index contributed by atoms with van der Waals surface area (Å²) in [7, 11) is 0. The quantitative estimate of drug-likeness (QED) is 0.888. The monoisotopic (exact) mass is 347 g/mol. The van der Waals surface area contributed by atoms with Crippen LogP contribution in [0.5, 0.6) is 0 Å². The zero-order chi connectivity index (χ0) is 14.0. The first kappa shape index (κ1) is 14.3. The highest BCUT2D eigenvalue weighted by Crippen LogP contribution is 2.24. The van der Waals surface area contributed by atoms with Crippen LogP contribution in [-0.4, -0.2) is 47.7 Å². The Bertz CT molecular complexity index is 522. The van der Waals surface area contributed by atoms with Gasteiger partial charge in [-0.1, -0.05) is 11.6 Å². The Morgan fingerprint density at radius 2 is 2.21 bits per heavy atom. The zero-order valence-electron chi connectivity index (χ0n) is 9.81. The van der Waals surface area contributed by atoms with Crippen molar-refractivity contribution in [1.82, 2.24) is 4.90 Å². The van der Waals surface area contributed by atoms with E-state index >= 15 is 0 Å². The summed E-state index contributed by atoms with van der Waals surface area (Å²) in [5.74, 6) is -1.29. The van der Waals surface area contributed by atoms with Gasteiger partial charge in [0.2, 0.25) is 0 Å². The molecule has 1 aliphatic rings. The highest BCUT2D eigenvalue weighted by molar-refractivity contribution is 9.10. The Labute approximate surface area is 123 Å². The first-order chi connectivity index (χ1) is 8.99. The molecule has 5 nitrogen and oxygen atoms in total. The molecule has 19 heavy (non-hydrogen) atoms. The van der Waals surface area contributed by atoms with E-state index < -0.39 is 12.1 Å². The van der Waals surface area contributed by atoms with Gasteiger partial charge in [0, 0.05) is 16.6 Å². The SMILES string of the molecule is O=C(O)C1CN(C(=O)c2ccc(Cl)c(Br)c2)CCO1. The molecule has 1 aliphatic heterocycles. The van der Waals surface area contributed by atoms with Gasteiger partial charge in [0.05, 0.1) is 18.2 Å². The van der Waals surface area contributed by atoms with Gasteiger partial charge in [-0.05, 0) is 34.1 Å². The van der Waals surface area contributed by atoms with Crippen LogP contribution in [-0.2, 0) is 9.53 Å². The van der Waals surface area contributed by atoms with Gasteiger partial charge in [0.25, 0.3) is 5.91 Å². The fourth-order valence-corrected chi connectivity index (χ4v) is 2.29. The van der Waals surface area contributed by atoms with Crippen LogP contribution < -0.4 is 0 Å². The topological polar surface area (TPSA) is 66.8 Å². The number of morpholine rings is 1. The first-order valence-corrected chi connectivity index (χ1v) is 6.75. The molecule has 1 aromatic carbocycles. The lowest BCUT2D eigenvalue weighted by molar-refractivity contribution is -0.154. The third-order valence-corrected chi connectivity index (χ3v) is 4.01. The minimum absolute atomic E-state index is 0.0500. The molecule has 0 aromatic heterocycles. The molecular weight excluding hydrogens is 337 g/mol. The lowest BCUT2D eigenvalue weighted by atomic mass is 10.1. The van der Waals surface area contributed by atoms with Crippen LogP contribution in [0.25, 0.3) is 0 Å². The summed E-state index contributed by atoms with van der Waals surface area (Å²) in [5, 5.41) is 9.42. The van der Waals surface area contributed by atoms with Crippen LogP contribution in [0.4, 0.5) is 0 Å². The van der Waals surface area contributed by atoms with E-state index in [0.29, 0.717) is 21.6 Å². The summed E-state index contributed by atoms with van der Waals surface area (Å²) in [6.45, 7) is 0.648. The molecular formula is C12H11BrClNO4. The van der Waals surface area contributed by atoms with Gasteiger partial charge >= 0.3 is 5.97 Å². The number of amides is 1. The highest BCUT2D eigenvalue weighted by atomic mass is 79.9. The number of hydrogen-bond donors (Lipinski definition) is 1. The molecule has 2 rings (SSSR count). The number of benzene rings is 1. The van der Waals surface area contributed by atoms with Crippen LogP contribution in [0.15, 0.2) is 22.7 Å². The third kappa shape index (κ3) is 3.26. The first-order valence-electron chi connectivity index (χ1n) is 5.58. The molecule has 1 unspecified atom stereocenters. The van der Waals surface area contributed by atoms with Crippen molar-refractivity contribution in [1.29, 1.82) is 0 Å². The van der Waals surface area contributed by atoms with Crippen molar-refractivity contribution in [3.8, 4) is 0 Å². The van der Waals surface area contributed by atoms with E-state index in [1.807, 2.05) is 0 Å². The van der Waals surface area contributed by atoms with E-state index in [-0.39, 0.29) is 19.1 Å². The normalized spacial score (nSPS) is 19.3. The summed E-state index contributed by atoms with van der Waals surface area (Å²) in [6.07, 6.45) is -0.964. The number of nitrogens with zero attached hydrogens (tertiary/aromatic N) is 1. The fraction of sp³-hybridized carbons (Fsp3) is 0.333. The second-order valence-corrected chi connectivity index (χ2v) is 5.34. The van der Waals surface area contributed by atoms with E-state index in [1.165, 1.54) is 4.90 Å². The molecule has 1 saturated heterocycles. The molecule has 0 bridgehead atoms. The second kappa shape index (κ2) is 5.90. The standard InChI is InChI=1S/C12H11BrClNO4/c13-8-5-7(1-2-9(8)14)11(16)15-3-4-19-10(6-15)12(17)18/h1-2,5,10H,3-4,6H2,(H,17,18). The molecule has 1 fully saturated rings. The average Bonchev–Trinajstić information content (AvgIpc) is 2.41. The number of carbonyl (C=O) groups excluding carboxylic acids is 1. The summed E-state index contributed by atoms with van der Waals surface area (Å²) < 4.78 is 5.70. The molecule has 1 amide bonds. The van der Waals surface area contributed by atoms with E-state index in [2.05, 4.69) is 15.9 Å². The Morgan fingerprint density at radius 1 is 1.47 bits per heavy atom. The van der Waals surface area contributed by atoms with E-state index in [9.17, 15) is 9.59 Å². The number of aliphatic carboxylic acids is 1. The number of carbonyl (C=O) groups is 2. The van der Waals surface area contributed by atoms with E-state index in [1.54, 1.807) is 18.2 Å². The van der Waals surface area contributed by atoms with Gasteiger partial charge in [-0.3, -0.25) is 4.79 Å².